The van der Waals surface area contributed by atoms with Gasteiger partial charge in [-0.3, -0.25) is 9.59 Å². The van der Waals surface area contributed by atoms with Gasteiger partial charge in [-0.25, -0.2) is 13.2 Å². The Bertz CT molecular complexity index is 1470. The molecule has 208 valence electrons. The van der Waals surface area contributed by atoms with Crippen molar-refractivity contribution >= 4 is 44.9 Å². The highest BCUT2D eigenvalue weighted by atomic mass is 35.5. The SMILES string of the molecule is COC(=O)CCCC(=O)N1CCC2(CC1)OC(=O)C(c1cc(Cl)c(-c3cccc(S(C)(=O)=O)c3)cc1C)=C2O. The average molecular weight is 576 g/mol. The van der Waals surface area contributed by atoms with E-state index < -0.39 is 21.4 Å². The van der Waals surface area contributed by atoms with E-state index in [0.29, 0.717) is 28.7 Å². The number of amides is 1. The molecular weight excluding hydrogens is 546 g/mol. The third-order valence-corrected chi connectivity index (χ3v) is 8.66. The molecule has 1 spiro atoms. The summed E-state index contributed by atoms with van der Waals surface area (Å²) in [6.07, 6.45) is 2.34. The lowest BCUT2D eigenvalue weighted by molar-refractivity contribution is -0.152. The van der Waals surface area contributed by atoms with Crippen molar-refractivity contribution in [2.45, 2.75) is 49.5 Å². The second kappa shape index (κ2) is 11.0. The number of esters is 2. The number of methoxy groups -OCH3 is 1. The predicted molar refractivity (Wildman–Crippen MR) is 145 cm³/mol. The second-order valence-corrected chi connectivity index (χ2v) is 12.3. The standard InChI is InChI=1S/C28H30ClNO8S/c1-17-14-21(18-6-4-7-19(15-18)39(3,35)36)22(29)16-20(17)25-26(33)28(38-27(25)34)10-12-30(13-11-28)23(31)8-5-9-24(32)37-2/h4,6-7,14-16,33H,5,8-13H2,1-3H3. The zero-order valence-corrected chi connectivity index (χ0v) is 23.5. The Morgan fingerprint density at radius 1 is 1.13 bits per heavy atom. The monoisotopic (exact) mass is 575 g/mol. The fourth-order valence-corrected chi connectivity index (χ4v) is 5.95. The fraction of sp³-hybridized carbons (Fsp3) is 0.393. The van der Waals surface area contributed by atoms with Crippen molar-refractivity contribution in [3.05, 3.63) is 58.3 Å². The molecule has 11 heteroatoms. The molecule has 0 radical (unpaired) electrons. The van der Waals surface area contributed by atoms with Crippen LogP contribution in [0.2, 0.25) is 5.02 Å². The van der Waals surface area contributed by atoms with Crippen LogP contribution < -0.4 is 0 Å². The van der Waals surface area contributed by atoms with E-state index in [4.69, 9.17) is 16.3 Å². The van der Waals surface area contributed by atoms with E-state index in [1.54, 1.807) is 36.1 Å². The number of likely N-dealkylation sites (tertiary alicyclic amines) is 1. The first-order chi connectivity index (χ1) is 18.4. The Balaban J connectivity index is 1.55. The van der Waals surface area contributed by atoms with Gasteiger partial charge in [0.1, 0.15) is 5.57 Å². The van der Waals surface area contributed by atoms with E-state index in [1.807, 2.05) is 0 Å². The number of aryl methyl sites for hydroxylation is 1. The maximum atomic E-state index is 13.0. The summed E-state index contributed by atoms with van der Waals surface area (Å²) < 4.78 is 34.3. The van der Waals surface area contributed by atoms with Crippen molar-refractivity contribution in [3.63, 3.8) is 0 Å². The number of halogens is 1. The first-order valence-electron chi connectivity index (χ1n) is 12.5. The molecule has 1 fully saturated rings. The molecule has 2 aromatic rings. The Labute approximate surface area is 232 Å². The number of carbonyl (C=O) groups excluding carboxylic acids is 3. The highest BCUT2D eigenvalue weighted by Gasteiger charge is 2.51. The van der Waals surface area contributed by atoms with Gasteiger partial charge in [-0.1, -0.05) is 23.7 Å². The smallest absolute Gasteiger partial charge is 0.343 e. The van der Waals surface area contributed by atoms with Crippen LogP contribution in [0.3, 0.4) is 0 Å². The van der Waals surface area contributed by atoms with Gasteiger partial charge in [0.05, 0.1) is 12.0 Å². The molecule has 9 nitrogen and oxygen atoms in total. The van der Waals surface area contributed by atoms with Crippen molar-refractivity contribution in [1.82, 2.24) is 4.90 Å². The van der Waals surface area contributed by atoms with Gasteiger partial charge >= 0.3 is 11.9 Å². The van der Waals surface area contributed by atoms with Crippen LogP contribution in [0.4, 0.5) is 0 Å². The zero-order valence-electron chi connectivity index (χ0n) is 22.0. The number of piperidine rings is 1. The number of rotatable bonds is 7. The number of carbonyl (C=O) groups is 3. The van der Waals surface area contributed by atoms with E-state index in [0.717, 1.165) is 6.26 Å². The van der Waals surface area contributed by atoms with Crippen molar-refractivity contribution in [3.8, 4) is 11.1 Å². The highest BCUT2D eigenvalue weighted by molar-refractivity contribution is 7.90. The first-order valence-corrected chi connectivity index (χ1v) is 14.8. The quantitative estimate of drug-likeness (QED) is 0.485. The van der Waals surface area contributed by atoms with Crippen LogP contribution >= 0.6 is 11.6 Å². The van der Waals surface area contributed by atoms with Crippen molar-refractivity contribution in [2.75, 3.05) is 26.5 Å². The lowest BCUT2D eigenvalue weighted by Gasteiger charge is -2.38. The van der Waals surface area contributed by atoms with Crippen LogP contribution in [0.1, 0.15) is 43.2 Å². The third kappa shape index (κ3) is 5.81. The molecule has 0 bridgehead atoms. The molecule has 1 amide bonds. The van der Waals surface area contributed by atoms with Gasteiger partial charge in [0, 0.05) is 55.6 Å². The molecule has 4 rings (SSSR count). The molecule has 2 aromatic carbocycles. The van der Waals surface area contributed by atoms with E-state index in [2.05, 4.69) is 4.74 Å². The highest BCUT2D eigenvalue weighted by Crippen LogP contribution is 2.45. The third-order valence-electron chi connectivity index (χ3n) is 7.24. The van der Waals surface area contributed by atoms with Crippen molar-refractivity contribution in [1.29, 1.82) is 0 Å². The van der Waals surface area contributed by atoms with Gasteiger partial charge in [0.2, 0.25) is 5.91 Å². The van der Waals surface area contributed by atoms with Crippen LogP contribution in [0, 0.1) is 6.92 Å². The van der Waals surface area contributed by atoms with E-state index in [1.165, 1.54) is 19.2 Å². The maximum Gasteiger partial charge on any atom is 0.343 e. The molecule has 0 atom stereocenters. The number of ether oxygens (including phenoxy) is 2. The second-order valence-electron chi connectivity index (χ2n) is 9.86. The molecule has 2 heterocycles. The minimum atomic E-state index is -3.41. The minimum absolute atomic E-state index is 0.0312. The van der Waals surface area contributed by atoms with E-state index in [-0.39, 0.29) is 71.9 Å². The number of hydrogen-bond donors (Lipinski definition) is 1. The number of aliphatic hydroxyl groups is 1. The summed E-state index contributed by atoms with van der Waals surface area (Å²) in [6.45, 7) is 2.35. The fourth-order valence-electron chi connectivity index (χ4n) is 5.01. The molecule has 0 unspecified atom stereocenters. The molecule has 2 aliphatic rings. The van der Waals surface area contributed by atoms with Crippen molar-refractivity contribution < 1.29 is 37.4 Å². The number of sulfone groups is 1. The molecule has 0 saturated carbocycles. The van der Waals surface area contributed by atoms with E-state index in [9.17, 15) is 27.9 Å². The van der Waals surface area contributed by atoms with Crippen LogP contribution in [-0.2, 0) is 33.7 Å². The predicted octanol–water partition coefficient (Wildman–Crippen LogP) is 4.25. The summed E-state index contributed by atoms with van der Waals surface area (Å²) in [7, 11) is -2.11. The molecule has 0 aromatic heterocycles. The largest absolute Gasteiger partial charge is 0.507 e. The summed E-state index contributed by atoms with van der Waals surface area (Å²) >= 11 is 6.60. The zero-order chi connectivity index (χ0) is 28.5. The van der Waals surface area contributed by atoms with Gasteiger partial charge in [-0.2, -0.15) is 0 Å². The molecule has 39 heavy (non-hydrogen) atoms. The Kier molecular flexibility index (Phi) is 8.09. The van der Waals surface area contributed by atoms with Crippen LogP contribution in [0.15, 0.2) is 47.1 Å². The van der Waals surface area contributed by atoms with Gasteiger partial charge in [-0.05, 0) is 54.3 Å². The number of nitrogens with zero attached hydrogens (tertiary/aromatic N) is 1. The van der Waals surface area contributed by atoms with Crippen LogP contribution in [-0.4, -0.2) is 68.3 Å². The van der Waals surface area contributed by atoms with Crippen LogP contribution in [0.25, 0.3) is 16.7 Å². The molecular formula is C28H30ClNO8S. The Morgan fingerprint density at radius 3 is 2.46 bits per heavy atom. The van der Waals surface area contributed by atoms with Crippen LogP contribution in [0.5, 0.6) is 0 Å². The lowest BCUT2D eigenvalue weighted by atomic mass is 9.86. The van der Waals surface area contributed by atoms with Gasteiger partial charge in [0.15, 0.2) is 21.2 Å². The molecule has 1 N–H and O–H groups in total. The molecule has 2 aliphatic heterocycles. The minimum Gasteiger partial charge on any atom is -0.507 e. The Hall–Kier alpha value is -3.37. The van der Waals surface area contributed by atoms with Gasteiger partial charge in [0.25, 0.3) is 0 Å². The number of aliphatic hydroxyl groups excluding tert-OH is 1. The lowest BCUT2D eigenvalue weighted by Crippen LogP contribution is -2.48. The summed E-state index contributed by atoms with van der Waals surface area (Å²) in [4.78, 5) is 38.6. The number of benzene rings is 2. The number of hydrogen-bond acceptors (Lipinski definition) is 8. The van der Waals surface area contributed by atoms with Gasteiger partial charge in [-0.15, -0.1) is 0 Å². The normalized spacial score (nSPS) is 16.9. The topological polar surface area (TPSA) is 127 Å². The summed E-state index contributed by atoms with van der Waals surface area (Å²) in [6, 6.07) is 9.74. The van der Waals surface area contributed by atoms with Gasteiger partial charge < -0.3 is 19.5 Å². The average Bonchev–Trinajstić information content (AvgIpc) is 3.13. The maximum absolute atomic E-state index is 13.0. The summed E-state index contributed by atoms with van der Waals surface area (Å²) in [5.74, 6) is -1.33. The molecule has 1 saturated heterocycles. The van der Waals surface area contributed by atoms with Crippen molar-refractivity contribution in [2.24, 2.45) is 0 Å². The summed E-state index contributed by atoms with van der Waals surface area (Å²) in [5, 5.41) is 11.5. The van der Waals surface area contributed by atoms with E-state index >= 15 is 0 Å². The first kappa shape index (κ1) is 28.6. The molecule has 0 aliphatic carbocycles. The summed E-state index contributed by atoms with van der Waals surface area (Å²) in [5.41, 5.74) is 1.06. The Morgan fingerprint density at radius 2 is 1.82 bits per heavy atom.